The minimum Gasteiger partial charge on any atom is -0.494 e. The van der Waals surface area contributed by atoms with E-state index < -0.39 is 11.6 Å². The Hall–Kier alpha value is -3.63. The second kappa shape index (κ2) is 14.2. The normalized spacial score (nSPS) is 18.5. The number of aliphatic hydroxyl groups excluding tert-OH is 1. The van der Waals surface area contributed by atoms with Gasteiger partial charge in [-0.3, -0.25) is 10.2 Å². The molecule has 1 aliphatic heterocycles. The lowest BCUT2D eigenvalue weighted by Crippen LogP contribution is -2.56. The van der Waals surface area contributed by atoms with E-state index in [1.54, 1.807) is 19.2 Å². The lowest BCUT2D eigenvalue weighted by molar-refractivity contribution is -0.129. The molecule has 11 nitrogen and oxygen atoms in total. The van der Waals surface area contributed by atoms with Crippen LogP contribution in [0.25, 0.3) is 10.4 Å². The number of nitrogens with zero attached hydrogens (tertiary/aromatic N) is 4. The summed E-state index contributed by atoms with van der Waals surface area (Å²) in [5.41, 5.74) is 15.7. The summed E-state index contributed by atoms with van der Waals surface area (Å²) in [6, 6.07) is 14.8. The molecule has 0 fully saturated rings. The Morgan fingerprint density at radius 1 is 1.19 bits per heavy atom. The van der Waals surface area contributed by atoms with Crippen molar-refractivity contribution in [2.75, 3.05) is 33.5 Å². The molecule has 2 aromatic rings. The zero-order valence-electron chi connectivity index (χ0n) is 21.2. The summed E-state index contributed by atoms with van der Waals surface area (Å²) in [4.78, 5) is 21.3. The molecule has 198 valence electrons. The number of ether oxygens (including phenoxy) is 3. The maximum absolute atomic E-state index is 13.6. The number of hydrazine groups is 1. The molecule has 3 N–H and O–H groups in total. The van der Waals surface area contributed by atoms with Crippen LogP contribution < -0.4 is 15.6 Å². The summed E-state index contributed by atoms with van der Waals surface area (Å²) in [7, 11) is 1.63. The first kappa shape index (κ1) is 27.9. The van der Waals surface area contributed by atoms with E-state index in [2.05, 4.69) is 20.9 Å². The number of azide groups is 1. The van der Waals surface area contributed by atoms with E-state index in [4.69, 9.17) is 29.8 Å². The van der Waals surface area contributed by atoms with Crippen LogP contribution in [0.3, 0.4) is 0 Å². The molecular formula is C26H34N6O5. The van der Waals surface area contributed by atoms with Gasteiger partial charge in [0.05, 0.1) is 13.2 Å². The van der Waals surface area contributed by atoms with E-state index in [0.29, 0.717) is 43.4 Å². The largest absolute Gasteiger partial charge is 0.494 e. The summed E-state index contributed by atoms with van der Waals surface area (Å²) in [5.74, 6) is 0.700. The Kier molecular flexibility index (Phi) is 10.7. The van der Waals surface area contributed by atoms with E-state index >= 15 is 0 Å². The highest BCUT2D eigenvalue weighted by atomic mass is 16.5. The Bertz CT molecular complexity index is 1100. The lowest BCUT2D eigenvalue weighted by atomic mass is 9.84. The second-order valence-electron chi connectivity index (χ2n) is 8.61. The molecule has 2 atom stereocenters. The van der Waals surface area contributed by atoms with Gasteiger partial charge in [-0.1, -0.05) is 29.4 Å². The van der Waals surface area contributed by atoms with Gasteiger partial charge in [-0.05, 0) is 54.3 Å². The summed E-state index contributed by atoms with van der Waals surface area (Å²) in [6.45, 7) is 3.58. The van der Waals surface area contributed by atoms with Gasteiger partial charge < -0.3 is 19.3 Å². The quantitative estimate of drug-likeness (QED) is 0.110. The third-order valence-electron chi connectivity index (χ3n) is 6.06. The number of rotatable bonds is 15. The maximum Gasteiger partial charge on any atom is 0.266 e. The summed E-state index contributed by atoms with van der Waals surface area (Å²) < 4.78 is 16.8. The van der Waals surface area contributed by atoms with Gasteiger partial charge in [-0.25, -0.2) is 10.4 Å². The molecule has 0 bridgehead atoms. The van der Waals surface area contributed by atoms with E-state index in [9.17, 15) is 4.79 Å². The molecule has 1 heterocycles. The van der Waals surface area contributed by atoms with Gasteiger partial charge in [-0.15, -0.1) is 0 Å². The summed E-state index contributed by atoms with van der Waals surface area (Å²) in [6.07, 6.45) is 0.957. The van der Waals surface area contributed by atoms with Crippen molar-refractivity contribution in [2.45, 2.75) is 44.4 Å². The van der Waals surface area contributed by atoms with Crippen molar-refractivity contribution < 1.29 is 24.1 Å². The SMILES string of the molecule is COCCCNNC(=O)[C@@]1(Cc2ccccc2CN=[N+]=[N-])N=C(c2ccc(OCCCO)cc2)O[C@H]1C. The van der Waals surface area contributed by atoms with E-state index in [1.807, 2.05) is 43.3 Å². The third-order valence-corrected chi connectivity index (χ3v) is 6.06. The topological polar surface area (TPSA) is 150 Å². The Morgan fingerprint density at radius 3 is 2.65 bits per heavy atom. The van der Waals surface area contributed by atoms with Crippen LogP contribution in [0.4, 0.5) is 0 Å². The first-order valence-corrected chi connectivity index (χ1v) is 12.2. The lowest BCUT2D eigenvalue weighted by Gasteiger charge is -2.29. The molecule has 3 rings (SSSR count). The number of methoxy groups -OCH3 is 1. The molecular weight excluding hydrogens is 476 g/mol. The van der Waals surface area contributed by atoms with Crippen molar-refractivity contribution in [3.63, 3.8) is 0 Å². The molecule has 1 aliphatic rings. The van der Waals surface area contributed by atoms with Crippen LogP contribution in [0.1, 0.15) is 36.5 Å². The van der Waals surface area contributed by atoms with Crippen molar-refractivity contribution in [2.24, 2.45) is 10.1 Å². The van der Waals surface area contributed by atoms with Crippen molar-refractivity contribution in [3.05, 3.63) is 75.7 Å². The average molecular weight is 511 g/mol. The van der Waals surface area contributed by atoms with E-state index in [1.165, 1.54) is 0 Å². The van der Waals surface area contributed by atoms with Crippen LogP contribution in [0.2, 0.25) is 0 Å². The summed E-state index contributed by atoms with van der Waals surface area (Å²) in [5, 5.41) is 12.6. The number of aliphatic imine (C=N–C) groups is 1. The molecule has 0 saturated carbocycles. The molecule has 0 aromatic heterocycles. The number of aliphatic hydroxyl groups is 1. The highest BCUT2D eigenvalue weighted by molar-refractivity contribution is 6.00. The average Bonchev–Trinajstić information content (AvgIpc) is 3.25. The number of carbonyl (C=O) groups is 1. The first-order valence-electron chi connectivity index (χ1n) is 12.2. The molecule has 0 spiro atoms. The van der Waals surface area contributed by atoms with Gasteiger partial charge in [0.2, 0.25) is 5.90 Å². The minimum atomic E-state index is -1.26. The fourth-order valence-corrected chi connectivity index (χ4v) is 3.98. The molecule has 11 heteroatoms. The molecule has 0 aliphatic carbocycles. The number of nitrogens with one attached hydrogen (secondary N) is 2. The first-order chi connectivity index (χ1) is 18.0. The van der Waals surface area contributed by atoms with Crippen molar-refractivity contribution in [1.82, 2.24) is 10.9 Å². The van der Waals surface area contributed by atoms with Crippen LogP contribution in [0.15, 0.2) is 58.6 Å². The Labute approximate surface area is 216 Å². The zero-order chi connectivity index (χ0) is 26.5. The smallest absolute Gasteiger partial charge is 0.266 e. The van der Waals surface area contributed by atoms with Gasteiger partial charge in [0.25, 0.3) is 5.91 Å². The monoisotopic (exact) mass is 510 g/mol. The molecule has 0 saturated heterocycles. The Morgan fingerprint density at radius 2 is 1.95 bits per heavy atom. The fraction of sp³-hybridized carbons (Fsp3) is 0.462. The number of benzene rings is 2. The third kappa shape index (κ3) is 7.43. The van der Waals surface area contributed by atoms with Gasteiger partial charge in [0.1, 0.15) is 11.9 Å². The van der Waals surface area contributed by atoms with Crippen LogP contribution in [-0.4, -0.2) is 62.0 Å². The van der Waals surface area contributed by atoms with Crippen molar-refractivity contribution in [3.8, 4) is 5.75 Å². The summed E-state index contributed by atoms with van der Waals surface area (Å²) >= 11 is 0. The minimum absolute atomic E-state index is 0.0675. The number of hydrogen-bond acceptors (Lipinski definition) is 8. The van der Waals surface area contributed by atoms with Crippen LogP contribution in [0.5, 0.6) is 5.75 Å². The van der Waals surface area contributed by atoms with Crippen molar-refractivity contribution >= 4 is 11.8 Å². The van der Waals surface area contributed by atoms with Crippen LogP contribution >= 0.6 is 0 Å². The molecule has 37 heavy (non-hydrogen) atoms. The van der Waals surface area contributed by atoms with E-state index in [0.717, 1.165) is 17.5 Å². The van der Waals surface area contributed by atoms with Gasteiger partial charge >= 0.3 is 0 Å². The molecule has 0 radical (unpaired) electrons. The fourth-order valence-electron chi connectivity index (χ4n) is 3.98. The number of hydrogen-bond donors (Lipinski definition) is 3. The molecule has 2 aromatic carbocycles. The van der Waals surface area contributed by atoms with Gasteiger partial charge in [-0.2, -0.15) is 0 Å². The highest BCUT2D eigenvalue weighted by Crippen LogP contribution is 2.33. The molecule has 0 unspecified atom stereocenters. The van der Waals surface area contributed by atoms with Crippen LogP contribution in [-0.2, 0) is 27.2 Å². The zero-order valence-corrected chi connectivity index (χ0v) is 21.2. The predicted octanol–water partition coefficient (Wildman–Crippen LogP) is 3.06. The van der Waals surface area contributed by atoms with E-state index in [-0.39, 0.29) is 25.5 Å². The molecule has 1 amide bonds. The highest BCUT2D eigenvalue weighted by Gasteiger charge is 2.50. The maximum atomic E-state index is 13.6. The van der Waals surface area contributed by atoms with Gasteiger partial charge in [0.15, 0.2) is 5.54 Å². The van der Waals surface area contributed by atoms with Crippen molar-refractivity contribution in [1.29, 1.82) is 0 Å². The Balaban J connectivity index is 1.89. The predicted molar refractivity (Wildman–Crippen MR) is 139 cm³/mol. The standard InChI is InChI=1S/C26H34N6O5/c1-19-26(25(34)31-28-13-5-15-35-2,17-21-7-3-4-8-22(21)18-29-32-27)30-24(37-19)20-9-11-23(12-10-20)36-16-6-14-33/h3-4,7-12,19,28,33H,5-6,13-18H2,1-2H3,(H,31,34)/t19-,26-/m0/s1. The van der Waals surface area contributed by atoms with Gasteiger partial charge in [0, 0.05) is 50.2 Å². The number of amides is 1. The second-order valence-corrected chi connectivity index (χ2v) is 8.61. The number of carbonyl (C=O) groups excluding carboxylic acids is 1. The van der Waals surface area contributed by atoms with Crippen LogP contribution in [0, 0.1) is 0 Å².